The number of fused-ring (bicyclic) bond motifs is 1. The molecule has 1 aliphatic heterocycles. The van der Waals surface area contributed by atoms with Crippen molar-refractivity contribution in [3.63, 3.8) is 0 Å². The van der Waals surface area contributed by atoms with Gasteiger partial charge in [-0.1, -0.05) is 0 Å². The average Bonchev–Trinajstić information content (AvgIpc) is 3.07. The van der Waals surface area contributed by atoms with Crippen LogP contribution in [0.4, 0.5) is 0 Å². The Labute approximate surface area is 146 Å². The molecule has 4 rings (SSSR count). The first-order valence-corrected chi connectivity index (χ1v) is 8.84. The third kappa shape index (κ3) is 3.45. The molecule has 0 spiro atoms. The lowest BCUT2D eigenvalue weighted by Crippen LogP contribution is -2.29. The Hall–Kier alpha value is -2.57. The van der Waals surface area contributed by atoms with Crippen LogP contribution in [0, 0.1) is 5.92 Å². The zero-order chi connectivity index (χ0) is 17.2. The smallest absolute Gasteiger partial charge is 0.203 e. The lowest BCUT2D eigenvalue weighted by molar-refractivity contribution is 0.461. The van der Waals surface area contributed by atoms with E-state index >= 15 is 0 Å². The van der Waals surface area contributed by atoms with Crippen LogP contribution >= 0.6 is 0 Å². The second-order valence-electron chi connectivity index (χ2n) is 6.75. The van der Waals surface area contributed by atoms with Crippen molar-refractivity contribution in [2.75, 3.05) is 13.1 Å². The Bertz CT molecular complexity index is 891. The molecule has 2 aliphatic rings. The Morgan fingerprint density at radius 3 is 2.88 bits per heavy atom. The summed E-state index contributed by atoms with van der Waals surface area (Å²) in [5.41, 5.74) is 3.89. The first-order valence-electron chi connectivity index (χ1n) is 8.84. The minimum Gasteiger partial charge on any atom is -0.288 e. The van der Waals surface area contributed by atoms with Crippen LogP contribution in [0.2, 0.25) is 0 Å². The zero-order valence-corrected chi connectivity index (χ0v) is 14.4. The van der Waals surface area contributed by atoms with Gasteiger partial charge in [0.25, 0.3) is 0 Å². The number of hydrogen-bond donors (Lipinski definition) is 0. The van der Waals surface area contributed by atoms with Crippen LogP contribution in [-0.2, 0) is 13.5 Å². The third-order valence-electron chi connectivity index (χ3n) is 4.94. The molecule has 2 aromatic rings. The molecule has 1 aliphatic carbocycles. The number of rotatable bonds is 4. The lowest BCUT2D eigenvalue weighted by atomic mass is 9.83. The monoisotopic (exact) mass is 338 g/mol. The van der Waals surface area contributed by atoms with E-state index in [2.05, 4.69) is 20.2 Å². The number of aromatic nitrogens is 4. The number of aryl methyl sites for hydroxylation is 2. The molecule has 1 saturated carbocycles. The Kier molecular flexibility index (Phi) is 4.29. The van der Waals surface area contributed by atoms with Gasteiger partial charge in [0.15, 0.2) is 0 Å². The van der Waals surface area contributed by atoms with Gasteiger partial charge in [-0.05, 0) is 38.0 Å². The average molecular weight is 338 g/mol. The van der Waals surface area contributed by atoms with Gasteiger partial charge in [0.1, 0.15) is 11.4 Å². The van der Waals surface area contributed by atoms with E-state index in [0.717, 1.165) is 44.5 Å². The topological polar surface area (TPSA) is 77.4 Å². The molecule has 0 bridgehead atoms. The summed E-state index contributed by atoms with van der Waals surface area (Å²) in [5.74, 6) is 0.559. The number of hydrogen-bond acceptors (Lipinski definition) is 5. The Morgan fingerprint density at radius 1 is 1.24 bits per heavy atom. The van der Waals surface area contributed by atoms with Crippen LogP contribution in [0.15, 0.2) is 39.4 Å². The fourth-order valence-corrected chi connectivity index (χ4v) is 3.55. The molecule has 0 amide bonds. The van der Waals surface area contributed by atoms with Gasteiger partial charge < -0.3 is 0 Å². The molecule has 1 atom stereocenters. The van der Waals surface area contributed by atoms with E-state index in [-0.39, 0.29) is 5.43 Å². The second-order valence-corrected chi connectivity index (χ2v) is 6.75. The normalized spacial score (nSPS) is 20.0. The minimum absolute atomic E-state index is 0.00760. The highest BCUT2D eigenvalue weighted by atomic mass is 16.1. The van der Waals surface area contributed by atoms with Crippen LogP contribution in [0.3, 0.4) is 0 Å². The van der Waals surface area contributed by atoms with Gasteiger partial charge in [0, 0.05) is 19.3 Å². The van der Waals surface area contributed by atoms with Gasteiger partial charge in [0.05, 0.1) is 36.9 Å². The maximum absolute atomic E-state index is 12.2. The zero-order valence-electron chi connectivity index (χ0n) is 14.4. The molecule has 7 heteroatoms. The summed E-state index contributed by atoms with van der Waals surface area (Å²) in [6, 6.07) is 1.59. The van der Waals surface area contributed by atoms with Gasteiger partial charge in [-0.15, -0.1) is 0 Å². The van der Waals surface area contributed by atoms with Gasteiger partial charge >= 0.3 is 0 Å². The molecule has 0 N–H and O–H groups in total. The summed E-state index contributed by atoms with van der Waals surface area (Å²) < 4.78 is 3.45. The second kappa shape index (κ2) is 6.74. The van der Waals surface area contributed by atoms with Crippen LogP contribution in [-0.4, -0.2) is 44.1 Å². The van der Waals surface area contributed by atoms with Crippen molar-refractivity contribution in [2.45, 2.75) is 32.1 Å². The number of nitrogens with zero attached hydrogens (tertiary/aromatic N) is 6. The van der Waals surface area contributed by atoms with Crippen molar-refractivity contribution in [2.24, 2.45) is 23.0 Å². The standard InChI is InChI=1S/C18H22N6O/c1-23-12-14(11-21-23)24-9-6-18(25)16(22-24)5-3-13-2-4-15-17(10-13)20-8-7-19-15/h6,9,11-13H,2-5,7-8,10H2,1H3. The van der Waals surface area contributed by atoms with E-state index in [0.29, 0.717) is 18.0 Å². The first kappa shape index (κ1) is 15.9. The molecule has 0 radical (unpaired) electrons. The Morgan fingerprint density at radius 2 is 2.08 bits per heavy atom. The molecule has 7 nitrogen and oxygen atoms in total. The van der Waals surface area contributed by atoms with Crippen LogP contribution < -0.4 is 5.43 Å². The quantitative estimate of drug-likeness (QED) is 0.849. The highest BCUT2D eigenvalue weighted by molar-refractivity contribution is 6.43. The summed E-state index contributed by atoms with van der Waals surface area (Å²) >= 11 is 0. The summed E-state index contributed by atoms with van der Waals surface area (Å²) in [7, 11) is 1.86. The molecule has 2 aromatic heterocycles. The number of aliphatic imine (C=N–C) groups is 2. The predicted octanol–water partition coefficient (Wildman–Crippen LogP) is 1.59. The summed E-state index contributed by atoms with van der Waals surface area (Å²) in [6.45, 7) is 1.66. The molecule has 3 heterocycles. The maximum atomic E-state index is 12.2. The summed E-state index contributed by atoms with van der Waals surface area (Å²) in [6.07, 6.45) is 10.1. The van der Waals surface area contributed by atoms with E-state index in [9.17, 15) is 4.79 Å². The van der Waals surface area contributed by atoms with Crippen LogP contribution in [0.25, 0.3) is 5.69 Å². The summed E-state index contributed by atoms with van der Waals surface area (Å²) in [4.78, 5) is 21.4. The van der Waals surface area contributed by atoms with Crippen molar-refractivity contribution in [1.82, 2.24) is 19.6 Å². The van der Waals surface area contributed by atoms with Crippen molar-refractivity contribution in [1.29, 1.82) is 0 Å². The molecular formula is C18H22N6O. The van der Waals surface area contributed by atoms with Gasteiger partial charge in [-0.3, -0.25) is 19.5 Å². The lowest BCUT2D eigenvalue weighted by Gasteiger charge is -2.26. The minimum atomic E-state index is 0.00760. The predicted molar refractivity (Wildman–Crippen MR) is 96.9 cm³/mol. The van der Waals surface area contributed by atoms with Crippen molar-refractivity contribution in [3.05, 3.63) is 40.6 Å². The van der Waals surface area contributed by atoms with E-state index in [4.69, 9.17) is 0 Å². The highest BCUT2D eigenvalue weighted by Crippen LogP contribution is 2.26. The molecule has 0 saturated heterocycles. The van der Waals surface area contributed by atoms with E-state index in [1.807, 2.05) is 13.2 Å². The van der Waals surface area contributed by atoms with Crippen LogP contribution in [0.1, 0.15) is 31.4 Å². The fourth-order valence-electron chi connectivity index (χ4n) is 3.55. The van der Waals surface area contributed by atoms with E-state index < -0.39 is 0 Å². The molecule has 1 fully saturated rings. The third-order valence-corrected chi connectivity index (χ3v) is 4.94. The molecule has 0 aromatic carbocycles. The van der Waals surface area contributed by atoms with Crippen molar-refractivity contribution < 1.29 is 0 Å². The molecule has 130 valence electrons. The van der Waals surface area contributed by atoms with E-state index in [1.54, 1.807) is 27.8 Å². The highest BCUT2D eigenvalue weighted by Gasteiger charge is 2.24. The van der Waals surface area contributed by atoms with Crippen LogP contribution in [0.5, 0.6) is 0 Å². The largest absolute Gasteiger partial charge is 0.288 e. The van der Waals surface area contributed by atoms with Gasteiger partial charge in [0.2, 0.25) is 5.43 Å². The SMILES string of the molecule is Cn1cc(-n2ccc(=O)c(CCC3CCC4=NCCN=C4C3)n2)cn1. The van der Waals surface area contributed by atoms with E-state index in [1.165, 1.54) is 11.4 Å². The molecule has 25 heavy (non-hydrogen) atoms. The fraction of sp³-hybridized carbons (Fsp3) is 0.500. The molecular weight excluding hydrogens is 316 g/mol. The maximum Gasteiger partial charge on any atom is 0.203 e. The Balaban J connectivity index is 1.45. The summed E-state index contributed by atoms with van der Waals surface area (Å²) in [5, 5.41) is 8.67. The molecule has 1 unspecified atom stereocenters. The van der Waals surface area contributed by atoms with Crippen molar-refractivity contribution in [3.8, 4) is 5.69 Å². The van der Waals surface area contributed by atoms with Gasteiger partial charge in [-0.2, -0.15) is 10.2 Å². The van der Waals surface area contributed by atoms with Crippen molar-refractivity contribution >= 4 is 11.4 Å². The van der Waals surface area contributed by atoms with Gasteiger partial charge in [-0.25, -0.2) is 4.68 Å². The first-order chi connectivity index (χ1) is 12.2.